The third-order valence-corrected chi connectivity index (χ3v) is 4.14. The van der Waals surface area contributed by atoms with Crippen LogP contribution in [0.3, 0.4) is 0 Å². The zero-order valence-corrected chi connectivity index (χ0v) is 14.3. The lowest BCUT2D eigenvalue weighted by atomic mass is 10.1. The summed E-state index contributed by atoms with van der Waals surface area (Å²) < 4.78 is 47.7. The van der Waals surface area contributed by atoms with Crippen LogP contribution in [0.25, 0.3) is 0 Å². The molecule has 1 unspecified atom stereocenters. The normalized spacial score (nSPS) is 19.3. The number of benzene rings is 1. The van der Waals surface area contributed by atoms with E-state index in [9.17, 15) is 23.3 Å². The van der Waals surface area contributed by atoms with Gasteiger partial charge in [0.2, 0.25) is 0 Å². The van der Waals surface area contributed by atoms with Crippen LogP contribution in [0.15, 0.2) is 30.5 Å². The van der Waals surface area contributed by atoms with E-state index in [-0.39, 0.29) is 29.7 Å². The first-order chi connectivity index (χ1) is 12.7. The number of nitrogens with zero attached hydrogens (tertiary/aromatic N) is 3. The van der Waals surface area contributed by atoms with Gasteiger partial charge in [0.1, 0.15) is 18.1 Å². The standard InChI is InChI=1S/C16H17F3N4O4/c1-2-13-12(8-22-9-14(23(24)25)21-15(22)26-13)20-7-10-3-5-11(6-4-10)27-16(17,18)19/h3-6,9,12-13,20H,2,7-8H2,1H3/t12?,13-/m1/s1. The van der Waals surface area contributed by atoms with E-state index < -0.39 is 11.3 Å². The van der Waals surface area contributed by atoms with Crippen molar-refractivity contribution >= 4 is 5.82 Å². The summed E-state index contributed by atoms with van der Waals surface area (Å²) in [5.41, 5.74) is 0.766. The quantitative estimate of drug-likeness (QED) is 0.606. The van der Waals surface area contributed by atoms with Gasteiger partial charge < -0.3 is 24.9 Å². The van der Waals surface area contributed by atoms with E-state index >= 15 is 0 Å². The van der Waals surface area contributed by atoms with Gasteiger partial charge in [-0.05, 0) is 29.0 Å². The molecule has 0 saturated carbocycles. The number of nitrogens with one attached hydrogen (secondary N) is 1. The number of alkyl halides is 3. The first-order valence-corrected chi connectivity index (χ1v) is 8.21. The summed E-state index contributed by atoms with van der Waals surface area (Å²) >= 11 is 0. The number of fused-ring (bicyclic) bond motifs is 1. The Morgan fingerprint density at radius 3 is 2.70 bits per heavy atom. The van der Waals surface area contributed by atoms with Crippen LogP contribution in [-0.4, -0.2) is 33.0 Å². The second-order valence-electron chi connectivity index (χ2n) is 6.03. The van der Waals surface area contributed by atoms with Crippen LogP contribution >= 0.6 is 0 Å². The second kappa shape index (κ2) is 7.43. The van der Waals surface area contributed by atoms with Crippen LogP contribution in [0.2, 0.25) is 0 Å². The summed E-state index contributed by atoms with van der Waals surface area (Å²) in [6.07, 6.45) is -2.97. The molecule has 0 saturated heterocycles. The molecule has 0 radical (unpaired) electrons. The van der Waals surface area contributed by atoms with Gasteiger partial charge in [0, 0.05) is 18.1 Å². The van der Waals surface area contributed by atoms with Gasteiger partial charge in [0.05, 0.1) is 6.04 Å². The molecule has 2 aromatic rings. The maximum absolute atomic E-state index is 12.2. The lowest BCUT2D eigenvalue weighted by Crippen LogP contribution is -2.48. The topological polar surface area (TPSA) is 91.5 Å². The Kier molecular flexibility index (Phi) is 5.22. The molecule has 2 heterocycles. The molecule has 0 spiro atoms. The Balaban J connectivity index is 1.63. The molecule has 27 heavy (non-hydrogen) atoms. The zero-order valence-electron chi connectivity index (χ0n) is 14.3. The van der Waals surface area contributed by atoms with Gasteiger partial charge in [-0.2, -0.15) is 0 Å². The van der Waals surface area contributed by atoms with Crippen molar-refractivity contribution in [2.24, 2.45) is 0 Å². The Labute approximate surface area is 152 Å². The number of hydrogen-bond donors (Lipinski definition) is 1. The Hall–Kier alpha value is -2.82. The summed E-state index contributed by atoms with van der Waals surface area (Å²) in [5, 5.41) is 14.1. The summed E-state index contributed by atoms with van der Waals surface area (Å²) in [5.74, 6) is -0.560. The van der Waals surface area contributed by atoms with Gasteiger partial charge in [-0.3, -0.25) is 4.57 Å². The molecule has 146 valence electrons. The number of ether oxygens (including phenoxy) is 2. The van der Waals surface area contributed by atoms with Crippen molar-refractivity contribution in [3.8, 4) is 11.8 Å². The highest BCUT2D eigenvalue weighted by Crippen LogP contribution is 2.26. The second-order valence-corrected chi connectivity index (χ2v) is 6.03. The Bertz CT molecular complexity index is 807. The van der Waals surface area contributed by atoms with Gasteiger partial charge in [0.25, 0.3) is 0 Å². The molecule has 0 bridgehead atoms. The van der Waals surface area contributed by atoms with Crippen molar-refractivity contribution in [1.82, 2.24) is 14.9 Å². The van der Waals surface area contributed by atoms with E-state index in [2.05, 4.69) is 15.0 Å². The van der Waals surface area contributed by atoms with Crippen molar-refractivity contribution in [2.75, 3.05) is 0 Å². The number of rotatable bonds is 6. The number of nitro groups is 1. The van der Waals surface area contributed by atoms with Crippen molar-refractivity contribution in [2.45, 2.75) is 44.9 Å². The molecule has 0 fully saturated rings. The fourth-order valence-corrected chi connectivity index (χ4v) is 2.87. The van der Waals surface area contributed by atoms with Crippen molar-refractivity contribution in [3.05, 3.63) is 46.1 Å². The number of aromatic nitrogens is 2. The fourth-order valence-electron chi connectivity index (χ4n) is 2.87. The molecule has 3 rings (SSSR count). The summed E-state index contributed by atoms with van der Waals surface area (Å²) in [6, 6.07) is 5.63. The van der Waals surface area contributed by atoms with E-state index in [0.29, 0.717) is 19.5 Å². The maximum Gasteiger partial charge on any atom is 0.573 e. The van der Waals surface area contributed by atoms with E-state index in [1.54, 1.807) is 4.57 Å². The lowest BCUT2D eigenvalue weighted by molar-refractivity contribution is -0.389. The fraction of sp³-hybridized carbons (Fsp3) is 0.438. The highest BCUT2D eigenvalue weighted by molar-refractivity contribution is 5.27. The van der Waals surface area contributed by atoms with Crippen LogP contribution in [0.4, 0.5) is 19.0 Å². The summed E-state index contributed by atoms with van der Waals surface area (Å²) in [7, 11) is 0. The van der Waals surface area contributed by atoms with E-state index in [0.717, 1.165) is 5.56 Å². The van der Waals surface area contributed by atoms with Crippen molar-refractivity contribution in [3.63, 3.8) is 0 Å². The molecule has 8 nitrogen and oxygen atoms in total. The number of imidazole rings is 1. The Morgan fingerprint density at radius 1 is 1.41 bits per heavy atom. The van der Waals surface area contributed by atoms with E-state index in [4.69, 9.17) is 4.74 Å². The van der Waals surface area contributed by atoms with Crippen LogP contribution in [0, 0.1) is 10.1 Å². The maximum atomic E-state index is 12.2. The lowest BCUT2D eigenvalue weighted by Gasteiger charge is -2.31. The molecule has 1 aromatic carbocycles. The van der Waals surface area contributed by atoms with Crippen molar-refractivity contribution < 1.29 is 27.6 Å². The van der Waals surface area contributed by atoms with E-state index in [1.807, 2.05) is 6.92 Å². The average Bonchev–Trinajstić information content (AvgIpc) is 3.02. The van der Waals surface area contributed by atoms with E-state index in [1.165, 1.54) is 30.5 Å². The highest BCUT2D eigenvalue weighted by atomic mass is 19.4. The predicted octanol–water partition coefficient (Wildman–Crippen LogP) is 3.02. The SMILES string of the molecule is CC[C@H]1Oc2nc([N+](=O)[O-])cn2CC1NCc1ccc(OC(F)(F)F)cc1. The first kappa shape index (κ1) is 19.0. The molecular weight excluding hydrogens is 369 g/mol. The van der Waals surface area contributed by atoms with Gasteiger partial charge in [-0.15, -0.1) is 13.2 Å². The largest absolute Gasteiger partial charge is 0.573 e. The summed E-state index contributed by atoms with van der Waals surface area (Å²) in [6.45, 7) is 2.75. The number of hydrogen-bond acceptors (Lipinski definition) is 6. The predicted molar refractivity (Wildman–Crippen MR) is 87.3 cm³/mol. The molecule has 1 aromatic heterocycles. The third kappa shape index (κ3) is 4.67. The van der Waals surface area contributed by atoms with Crippen LogP contribution in [0.1, 0.15) is 18.9 Å². The molecule has 1 N–H and O–H groups in total. The minimum atomic E-state index is -4.72. The zero-order chi connectivity index (χ0) is 19.6. The molecule has 1 aliphatic rings. The third-order valence-electron chi connectivity index (χ3n) is 4.14. The molecule has 2 atom stereocenters. The molecule has 1 aliphatic heterocycles. The first-order valence-electron chi connectivity index (χ1n) is 8.21. The van der Waals surface area contributed by atoms with Crippen LogP contribution < -0.4 is 14.8 Å². The van der Waals surface area contributed by atoms with Gasteiger partial charge in [-0.1, -0.05) is 19.1 Å². The minimum Gasteiger partial charge on any atom is -0.441 e. The smallest absolute Gasteiger partial charge is 0.441 e. The van der Waals surface area contributed by atoms with Crippen LogP contribution in [-0.2, 0) is 13.1 Å². The van der Waals surface area contributed by atoms with Crippen LogP contribution in [0.5, 0.6) is 11.8 Å². The van der Waals surface area contributed by atoms with Gasteiger partial charge >= 0.3 is 18.2 Å². The molecule has 0 amide bonds. The highest BCUT2D eigenvalue weighted by Gasteiger charge is 2.34. The van der Waals surface area contributed by atoms with Gasteiger partial charge in [-0.25, -0.2) is 0 Å². The van der Waals surface area contributed by atoms with Gasteiger partial charge in [0.15, 0.2) is 0 Å². The molecule has 0 aliphatic carbocycles. The van der Waals surface area contributed by atoms with Crippen molar-refractivity contribution in [1.29, 1.82) is 0 Å². The average molecular weight is 386 g/mol. The summed E-state index contributed by atoms with van der Waals surface area (Å²) in [4.78, 5) is 14.1. The molecule has 11 heteroatoms. The number of halogens is 3. The monoisotopic (exact) mass is 386 g/mol. The minimum absolute atomic E-state index is 0.137. The molecular formula is C16H17F3N4O4. The Morgan fingerprint density at radius 2 is 2.11 bits per heavy atom.